The Kier molecular flexibility index (Phi) is 5.33. The van der Waals surface area contributed by atoms with Crippen molar-refractivity contribution in [2.75, 3.05) is 28.4 Å². The van der Waals surface area contributed by atoms with Gasteiger partial charge in [-0.1, -0.05) is 0 Å². The molecule has 0 bridgehead atoms. The molecule has 0 spiro atoms. The molecule has 7 nitrogen and oxygen atoms in total. The molecule has 0 heterocycles. The van der Waals surface area contributed by atoms with Crippen LogP contribution in [-0.2, 0) is 20.8 Å². The lowest BCUT2D eigenvalue weighted by molar-refractivity contribution is 0.0586. The molecule has 1 N–H and O–H groups in total. The SMILES string of the molecule is COCc1cc(O)c(C(=O)OC)c(OC)c1C(=O)OC. The molecule has 1 aromatic rings. The minimum atomic E-state index is -0.825. The Morgan fingerprint density at radius 3 is 2.05 bits per heavy atom. The second-order valence-electron chi connectivity index (χ2n) is 3.75. The van der Waals surface area contributed by atoms with Crippen molar-refractivity contribution in [2.24, 2.45) is 0 Å². The van der Waals surface area contributed by atoms with Gasteiger partial charge in [-0.05, 0) is 11.6 Å². The monoisotopic (exact) mass is 284 g/mol. The third kappa shape index (κ3) is 2.83. The van der Waals surface area contributed by atoms with Crippen LogP contribution in [0.15, 0.2) is 6.07 Å². The minimum Gasteiger partial charge on any atom is -0.507 e. The summed E-state index contributed by atoms with van der Waals surface area (Å²) in [5.41, 5.74) is 0.103. The van der Waals surface area contributed by atoms with Gasteiger partial charge >= 0.3 is 11.9 Å². The Balaban J connectivity index is 3.65. The molecule has 0 saturated carbocycles. The molecule has 0 aliphatic carbocycles. The van der Waals surface area contributed by atoms with Gasteiger partial charge < -0.3 is 24.1 Å². The molecular formula is C13H16O7. The molecule has 0 amide bonds. The summed E-state index contributed by atoms with van der Waals surface area (Å²) in [6.07, 6.45) is 0. The Labute approximate surface area is 116 Å². The summed E-state index contributed by atoms with van der Waals surface area (Å²) in [5.74, 6) is -2.02. The van der Waals surface area contributed by atoms with Crippen LogP contribution in [0.2, 0.25) is 0 Å². The van der Waals surface area contributed by atoms with Crippen molar-refractivity contribution >= 4 is 11.9 Å². The van der Waals surface area contributed by atoms with Crippen molar-refractivity contribution in [3.05, 3.63) is 22.8 Å². The standard InChI is InChI=1S/C13H16O7/c1-17-6-7-5-8(14)10(13(16)20-4)11(18-2)9(7)12(15)19-3/h5,14H,6H2,1-4H3. The number of carbonyl (C=O) groups is 2. The lowest BCUT2D eigenvalue weighted by atomic mass is 10.0. The van der Waals surface area contributed by atoms with Crippen molar-refractivity contribution in [1.82, 2.24) is 0 Å². The van der Waals surface area contributed by atoms with Crippen LogP contribution in [0.5, 0.6) is 11.5 Å². The summed E-state index contributed by atoms with van der Waals surface area (Å²) in [4.78, 5) is 23.6. The molecule has 0 radical (unpaired) electrons. The van der Waals surface area contributed by atoms with E-state index in [9.17, 15) is 14.7 Å². The molecule has 0 aliphatic rings. The van der Waals surface area contributed by atoms with Gasteiger partial charge in [0.2, 0.25) is 0 Å². The first-order chi connectivity index (χ1) is 9.51. The summed E-state index contributed by atoms with van der Waals surface area (Å²) < 4.78 is 19.3. The number of esters is 2. The van der Waals surface area contributed by atoms with Gasteiger partial charge in [0.05, 0.1) is 27.9 Å². The number of ether oxygens (including phenoxy) is 4. The van der Waals surface area contributed by atoms with Crippen LogP contribution >= 0.6 is 0 Å². The summed E-state index contributed by atoms with van der Waals surface area (Å²) >= 11 is 0. The number of phenols is 1. The summed E-state index contributed by atoms with van der Waals surface area (Å²) in [6, 6.07) is 1.24. The van der Waals surface area contributed by atoms with Gasteiger partial charge in [-0.3, -0.25) is 0 Å². The van der Waals surface area contributed by atoms with Gasteiger partial charge in [0, 0.05) is 7.11 Å². The average molecular weight is 284 g/mol. The van der Waals surface area contributed by atoms with Crippen molar-refractivity contribution in [3.8, 4) is 11.5 Å². The van der Waals surface area contributed by atoms with Crippen molar-refractivity contribution in [1.29, 1.82) is 0 Å². The maximum atomic E-state index is 11.9. The topological polar surface area (TPSA) is 91.3 Å². The van der Waals surface area contributed by atoms with Gasteiger partial charge in [0.15, 0.2) is 5.75 Å². The zero-order chi connectivity index (χ0) is 15.3. The molecule has 110 valence electrons. The fourth-order valence-corrected chi connectivity index (χ4v) is 1.80. The first-order valence-corrected chi connectivity index (χ1v) is 5.60. The minimum absolute atomic E-state index is 0.00931. The number of rotatable bonds is 5. The molecule has 0 aliphatic heterocycles. The van der Waals surface area contributed by atoms with Gasteiger partial charge in [-0.25, -0.2) is 9.59 Å². The van der Waals surface area contributed by atoms with Gasteiger partial charge in [-0.2, -0.15) is 0 Å². The normalized spacial score (nSPS) is 10.0. The third-order valence-corrected chi connectivity index (χ3v) is 2.63. The van der Waals surface area contributed by atoms with E-state index in [0.717, 1.165) is 7.11 Å². The number of hydrogen-bond donors (Lipinski definition) is 1. The van der Waals surface area contributed by atoms with Gasteiger partial charge in [-0.15, -0.1) is 0 Å². The summed E-state index contributed by atoms with van der Waals surface area (Å²) in [6.45, 7) is 0.0375. The average Bonchev–Trinajstić information content (AvgIpc) is 2.45. The van der Waals surface area contributed by atoms with E-state index in [2.05, 4.69) is 9.47 Å². The fourth-order valence-electron chi connectivity index (χ4n) is 1.80. The molecule has 7 heteroatoms. The summed E-state index contributed by atoms with van der Waals surface area (Å²) in [7, 11) is 5.05. The largest absolute Gasteiger partial charge is 0.507 e. The first-order valence-electron chi connectivity index (χ1n) is 5.60. The number of carbonyl (C=O) groups excluding carboxylic acids is 2. The van der Waals surface area contributed by atoms with E-state index in [1.54, 1.807) is 0 Å². The van der Waals surface area contributed by atoms with Crippen molar-refractivity contribution in [2.45, 2.75) is 6.61 Å². The van der Waals surface area contributed by atoms with Crippen LogP contribution in [0.25, 0.3) is 0 Å². The quantitative estimate of drug-likeness (QED) is 0.810. The zero-order valence-corrected chi connectivity index (χ0v) is 11.7. The van der Waals surface area contributed by atoms with E-state index in [4.69, 9.17) is 9.47 Å². The molecule has 1 aromatic carbocycles. The molecular weight excluding hydrogens is 268 g/mol. The van der Waals surface area contributed by atoms with E-state index in [1.807, 2.05) is 0 Å². The van der Waals surface area contributed by atoms with Crippen molar-refractivity contribution in [3.63, 3.8) is 0 Å². The van der Waals surface area contributed by atoms with Gasteiger partial charge in [0.25, 0.3) is 0 Å². The van der Waals surface area contributed by atoms with E-state index in [1.165, 1.54) is 27.4 Å². The van der Waals surface area contributed by atoms with Crippen LogP contribution in [0.4, 0.5) is 0 Å². The fraction of sp³-hybridized carbons (Fsp3) is 0.385. The smallest absolute Gasteiger partial charge is 0.345 e. The highest BCUT2D eigenvalue weighted by Crippen LogP contribution is 2.36. The Morgan fingerprint density at radius 1 is 1.05 bits per heavy atom. The number of benzene rings is 1. The summed E-state index contributed by atoms with van der Waals surface area (Å²) in [5, 5.41) is 9.92. The van der Waals surface area contributed by atoms with E-state index in [-0.39, 0.29) is 29.2 Å². The lowest BCUT2D eigenvalue weighted by Gasteiger charge is -2.16. The molecule has 20 heavy (non-hydrogen) atoms. The Hall–Kier alpha value is -2.28. The number of aromatic hydroxyl groups is 1. The number of phenolic OH excluding ortho intramolecular Hbond substituents is 1. The van der Waals surface area contributed by atoms with Crippen LogP contribution in [-0.4, -0.2) is 45.5 Å². The maximum Gasteiger partial charge on any atom is 0.345 e. The second kappa shape index (κ2) is 6.76. The van der Waals surface area contributed by atoms with Crippen LogP contribution in [0.1, 0.15) is 26.3 Å². The molecule has 0 fully saturated rings. The molecule has 0 unspecified atom stereocenters. The van der Waals surface area contributed by atoms with E-state index >= 15 is 0 Å². The highest BCUT2D eigenvalue weighted by atomic mass is 16.5. The third-order valence-electron chi connectivity index (χ3n) is 2.63. The van der Waals surface area contributed by atoms with Gasteiger partial charge in [0.1, 0.15) is 16.9 Å². The predicted molar refractivity (Wildman–Crippen MR) is 68.1 cm³/mol. The highest BCUT2D eigenvalue weighted by Gasteiger charge is 2.28. The van der Waals surface area contributed by atoms with Crippen LogP contribution in [0.3, 0.4) is 0 Å². The highest BCUT2D eigenvalue weighted by molar-refractivity contribution is 6.03. The number of hydrogen-bond acceptors (Lipinski definition) is 7. The molecule has 1 rings (SSSR count). The van der Waals surface area contributed by atoms with E-state index in [0.29, 0.717) is 5.56 Å². The van der Waals surface area contributed by atoms with Crippen LogP contribution in [0, 0.1) is 0 Å². The number of methoxy groups -OCH3 is 4. The predicted octanol–water partition coefficient (Wildman–Crippen LogP) is 1.12. The first kappa shape index (κ1) is 15.8. The maximum absolute atomic E-state index is 11.9. The second-order valence-corrected chi connectivity index (χ2v) is 3.75. The zero-order valence-electron chi connectivity index (χ0n) is 11.7. The molecule has 0 atom stereocenters. The van der Waals surface area contributed by atoms with Crippen molar-refractivity contribution < 1.29 is 33.6 Å². The van der Waals surface area contributed by atoms with Crippen LogP contribution < -0.4 is 4.74 Å². The Bertz CT molecular complexity index is 522. The molecule has 0 aromatic heterocycles. The van der Waals surface area contributed by atoms with E-state index < -0.39 is 11.9 Å². The Morgan fingerprint density at radius 2 is 1.60 bits per heavy atom. The molecule has 0 saturated heterocycles. The lowest BCUT2D eigenvalue weighted by Crippen LogP contribution is -2.14.